The van der Waals surface area contributed by atoms with Crippen LogP contribution in [-0.2, 0) is 6.54 Å². The molecule has 0 fully saturated rings. The average Bonchev–Trinajstić information content (AvgIpc) is 3.39. The topological polar surface area (TPSA) is 95.2 Å². The Bertz CT molecular complexity index is 1300. The van der Waals surface area contributed by atoms with E-state index in [1.165, 1.54) is 11.1 Å². The largest absolute Gasteiger partial charge is 0.366 e. The van der Waals surface area contributed by atoms with Crippen molar-refractivity contribution in [3.63, 3.8) is 0 Å². The summed E-state index contributed by atoms with van der Waals surface area (Å²) in [7, 11) is 0. The Morgan fingerprint density at radius 3 is 2.50 bits per heavy atom. The third-order valence-electron chi connectivity index (χ3n) is 5.16. The van der Waals surface area contributed by atoms with Crippen LogP contribution < -0.4 is 5.32 Å². The number of nitrogens with one attached hydrogen (secondary N) is 3. The molecular formula is C23H21N7. The van der Waals surface area contributed by atoms with Crippen molar-refractivity contribution in [2.24, 2.45) is 0 Å². The maximum atomic E-state index is 4.82. The second-order valence-corrected chi connectivity index (χ2v) is 7.33. The second-order valence-electron chi connectivity index (χ2n) is 7.33. The van der Waals surface area contributed by atoms with E-state index in [1.54, 1.807) is 12.4 Å². The molecule has 5 aromatic rings. The van der Waals surface area contributed by atoms with Gasteiger partial charge in [0.1, 0.15) is 11.3 Å². The molecule has 4 aromatic heterocycles. The van der Waals surface area contributed by atoms with Crippen LogP contribution in [0.3, 0.4) is 0 Å². The normalized spacial score (nSPS) is 11.1. The van der Waals surface area contributed by atoms with Crippen molar-refractivity contribution in [1.29, 1.82) is 0 Å². The summed E-state index contributed by atoms with van der Waals surface area (Å²) < 4.78 is 0. The van der Waals surface area contributed by atoms with Crippen molar-refractivity contribution in [2.75, 3.05) is 5.32 Å². The van der Waals surface area contributed by atoms with Gasteiger partial charge in [-0.15, -0.1) is 0 Å². The Morgan fingerprint density at radius 1 is 0.900 bits per heavy atom. The van der Waals surface area contributed by atoms with Gasteiger partial charge in [0.15, 0.2) is 5.65 Å². The summed E-state index contributed by atoms with van der Waals surface area (Å²) in [6.07, 6.45) is 7.31. The van der Waals surface area contributed by atoms with E-state index in [0.717, 1.165) is 51.6 Å². The molecule has 7 nitrogen and oxygen atoms in total. The average molecular weight is 395 g/mol. The van der Waals surface area contributed by atoms with E-state index in [1.807, 2.05) is 31.5 Å². The number of aryl methyl sites for hydroxylation is 2. The van der Waals surface area contributed by atoms with Crippen LogP contribution in [0.4, 0.5) is 5.82 Å². The van der Waals surface area contributed by atoms with Gasteiger partial charge in [-0.2, -0.15) is 5.10 Å². The molecule has 0 aliphatic rings. The van der Waals surface area contributed by atoms with Gasteiger partial charge in [0.25, 0.3) is 0 Å². The van der Waals surface area contributed by atoms with E-state index in [4.69, 9.17) is 4.98 Å². The number of anilines is 1. The van der Waals surface area contributed by atoms with Gasteiger partial charge < -0.3 is 10.3 Å². The lowest BCUT2D eigenvalue weighted by molar-refractivity contribution is 1.05. The van der Waals surface area contributed by atoms with Gasteiger partial charge in [0.05, 0.1) is 18.1 Å². The molecule has 0 atom stereocenters. The minimum Gasteiger partial charge on any atom is -0.366 e. The van der Waals surface area contributed by atoms with Crippen LogP contribution in [0.2, 0.25) is 0 Å². The Morgan fingerprint density at radius 2 is 1.77 bits per heavy atom. The van der Waals surface area contributed by atoms with Gasteiger partial charge in [-0.1, -0.05) is 29.8 Å². The fourth-order valence-corrected chi connectivity index (χ4v) is 3.41. The minimum absolute atomic E-state index is 0.735. The van der Waals surface area contributed by atoms with Crippen LogP contribution in [0.15, 0.2) is 61.2 Å². The number of pyridine rings is 1. The van der Waals surface area contributed by atoms with Crippen molar-refractivity contribution in [3.8, 4) is 22.4 Å². The lowest BCUT2D eigenvalue weighted by Crippen LogP contribution is -2.01. The molecule has 148 valence electrons. The SMILES string of the molecule is Cc1ccc(CNc2ccc(-c3c[nH]c4ncc(-c5cn[nH]c5C)nc34)cn2)cc1. The highest BCUT2D eigenvalue weighted by atomic mass is 15.1. The fourth-order valence-electron chi connectivity index (χ4n) is 3.41. The minimum atomic E-state index is 0.735. The van der Waals surface area contributed by atoms with Crippen LogP contribution in [0.25, 0.3) is 33.5 Å². The highest BCUT2D eigenvalue weighted by molar-refractivity contribution is 5.91. The Labute approximate surface area is 173 Å². The van der Waals surface area contributed by atoms with Crippen molar-refractivity contribution in [1.82, 2.24) is 30.1 Å². The summed E-state index contributed by atoms with van der Waals surface area (Å²) in [6.45, 7) is 4.79. The molecule has 0 aliphatic carbocycles. The van der Waals surface area contributed by atoms with Gasteiger partial charge in [0.2, 0.25) is 0 Å². The number of aromatic nitrogens is 6. The molecule has 5 rings (SSSR count). The Kier molecular flexibility index (Phi) is 4.48. The van der Waals surface area contributed by atoms with Crippen LogP contribution in [-0.4, -0.2) is 30.1 Å². The number of nitrogens with zero attached hydrogens (tertiary/aromatic N) is 4. The molecule has 0 radical (unpaired) electrons. The predicted molar refractivity (Wildman–Crippen MR) is 118 cm³/mol. The molecule has 4 heterocycles. The summed E-state index contributed by atoms with van der Waals surface area (Å²) in [5.41, 5.74) is 8.70. The molecule has 0 amide bonds. The summed E-state index contributed by atoms with van der Waals surface area (Å²) in [4.78, 5) is 17.1. The Balaban J connectivity index is 1.40. The number of aromatic amines is 2. The first-order valence-electron chi connectivity index (χ1n) is 9.78. The first-order valence-corrected chi connectivity index (χ1v) is 9.78. The fraction of sp³-hybridized carbons (Fsp3) is 0.130. The molecule has 3 N–H and O–H groups in total. The number of benzene rings is 1. The third-order valence-corrected chi connectivity index (χ3v) is 5.16. The van der Waals surface area contributed by atoms with Crippen LogP contribution >= 0.6 is 0 Å². The molecule has 1 aromatic carbocycles. The first-order chi connectivity index (χ1) is 14.7. The number of fused-ring (bicyclic) bond motifs is 1. The predicted octanol–water partition coefficient (Wildman–Crippen LogP) is 4.64. The van der Waals surface area contributed by atoms with Gasteiger partial charge in [0, 0.05) is 41.3 Å². The molecule has 0 bridgehead atoms. The van der Waals surface area contributed by atoms with E-state index in [2.05, 4.69) is 61.7 Å². The smallest absolute Gasteiger partial charge is 0.156 e. The zero-order valence-electron chi connectivity index (χ0n) is 16.8. The molecule has 0 saturated heterocycles. The quantitative estimate of drug-likeness (QED) is 0.403. The van der Waals surface area contributed by atoms with E-state index >= 15 is 0 Å². The zero-order valence-corrected chi connectivity index (χ0v) is 16.8. The number of hydrogen-bond acceptors (Lipinski definition) is 5. The second kappa shape index (κ2) is 7.44. The zero-order chi connectivity index (χ0) is 20.5. The van der Waals surface area contributed by atoms with E-state index in [9.17, 15) is 0 Å². The number of rotatable bonds is 5. The van der Waals surface area contributed by atoms with Crippen LogP contribution in [0.5, 0.6) is 0 Å². The maximum absolute atomic E-state index is 4.82. The summed E-state index contributed by atoms with van der Waals surface area (Å²) >= 11 is 0. The summed E-state index contributed by atoms with van der Waals surface area (Å²) in [6, 6.07) is 12.5. The van der Waals surface area contributed by atoms with Crippen LogP contribution in [0, 0.1) is 13.8 Å². The van der Waals surface area contributed by atoms with E-state index in [0.29, 0.717) is 0 Å². The summed E-state index contributed by atoms with van der Waals surface area (Å²) in [5, 5.41) is 10.4. The molecule has 0 spiro atoms. The lowest BCUT2D eigenvalue weighted by atomic mass is 10.1. The summed E-state index contributed by atoms with van der Waals surface area (Å²) in [5.74, 6) is 0.833. The Hall–Kier alpha value is -4.00. The van der Waals surface area contributed by atoms with Crippen LogP contribution in [0.1, 0.15) is 16.8 Å². The molecule has 0 unspecified atom stereocenters. The van der Waals surface area contributed by atoms with Crippen molar-refractivity contribution >= 4 is 17.0 Å². The standard InChI is InChI=1S/C23H21N7/c1-14-3-5-16(6-4-14)9-24-21-8-7-17(10-25-21)19-11-26-23-22(19)29-20(13-27-23)18-12-28-30-15(18)2/h3-8,10-13H,9H2,1-2H3,(H,24,25)(H,26,27)(H,28,30). The first kappa shape index (κ1) is 18.1. The van der Waals surface area contributed by atoms with Gasteiger partial charge in [-0.3, -0.25) is 5.10 Å². The molecular weight excluding hydrogens is 374 g/mol. The van der Waals surface area contributed by atoms with Gasteiger partial charge >= 0.3 is 0 Å². The van der Waals surface area contributed by atoms with Gasteiger partial charge in [-0.05, 0) is 31.5 Å². The molecule has 0 saturated carbocycles. The number of hydrogen-bond donors (Lipinski definition) is 3. The highest BCUT2D eigenvalue weighted by Crippen LogP contribution is 2.29. The number of H-pyrrole nitrogens is 2. The maximum Gasteiger partial charge on any atom is 0.156 e. The van der Waals surface area contributed by atoms with Gasteiger partial charge in [-0.25, -0.2) is 15.0 Å². The van der Waals surface area contributed by atoms with E-state index in [-0.39, 0.29) is 0 Å². The molecule has 0 aliphatic heterocycles. The lowest BCUT2D eigenvalue weighted by Gasteiger charge is -2.07. The van der Waals surface area contributed by atoms with E-state index < -0.39 is 0 Å². The van der Waals surface area contributed by atoms with Crippen molar-refractivity contribution in [3.05, 3.63) is 78.0 Å². The third kappa shape index (κ3) is 3.41. The van der Waals surface area contributed by atoms with Crippen molar-refractivity contribution < 1.29 is 0 Å². The molecule has 30 heavy (non-hydrogen) atoms. The van der Waals surface area contributed by atoms with Crippen molar-refractivity contribution in [2.45, 2.75) is 20.4 Å². The monoisotopic (exact) mass is 395 g/mol. The highest BCUT2D eigenvalue weighted by Gasteiger charge is 2.13. The molecule has 7 heteroatoms.